The van der Waals surface area contributed by atoms with Crippen molar-refractivity contribution in [1.29, 1.82) is 0 Å². The fraction of sp³-hybridized carbons (Fsp3) is 0.579. The van der Waals surface area contributed by atoms with Gasteiger partial charge in [0.1, 0.15) is 5.75 Å². The lowest BCUT2D eigenvalue weighted by molar-refractivity contribution is -0.172. The minimum atomic E-state index is -4.83. The van der Waals surface area contributed by atoms with Gasteiger partial charge in [-0.1, -0.05) is 30.3 Å². The third kappa shape index (κ3) is 9.23. The Morgan fingerprint density at radius 3 is 2.11 bits per heavy atom. The number of aryl methyl sites for hydroxylation is 2. The second-order valence-corrected chi connectivity index (χ2v) is 14.7. The number of likely N-dealkylation sites (tertiary alicyclic amines) is 2. The first-order valence-corrected chi connectivity index (χ1v) is 18.5. The van der Waals surface area contributed by atoms with Gasteiger partial charge in [0.2, 0.25) is 5.78 Å². The van der Waals surface area contributed by atoms with Crippen LogP contribution < -0.4 is 5.32 Å². The van der Waals surface area contributed by atoms with E-state index in [1.807, 2.05) is 29.2 Å². The summed E-state index contributed by atoms with van der Waals surface area (Å²) in [5.74, 6) is -1.86. The number of para-hydroxylation sites is 1. The molecule has 12 nitrogen and oxygen atoms in total. The highest BCUT2D eigenvalue weighted by atomic mass is 19.4. The molecule has 0 spiro atoms. The van der Waals surface area contributed by atoms with Gasteiger partial charge < -0.3 is 29.9 Å². The molecule has 4 aliphatic rings. The number of anilines is 1. The summed E-state index contributed by atoms with van der Waals surface area (Å²) in [6.07, 6.45) is -3.16. The van der Waals surface area contributed by atoms with Gasteiger partial charge in [-0.25, -0.2) is 9.59 Å². The SMILES string of the molecule is Cc1cc(C[C@@H](OC(=O)N2CCC(N3CCc4ccccc4NC3=O)CC2)C(=O)N2CCC(N3CCN(CC(=O)C(F)(F)F)CC3)CC2)cc(C)c1O. The number of hydrogen-bond acceptors (Lipinski definition) is 8. The standard InChI is InChI=1S/C38H49F3N6O6/c1-25-21-27(22-26(2)34(25)49)23-32(35(50)45-12-8-29(9-13-45)44-19-17-43(18-20-44)24-33(48)38(39,40)41)53-37(52)46-14-10-30(11-15-46)47-16-7-28-5-3-4-6-31(28)42-36(47)51/h3-6,21-22,29-30,32,49H,7-20,23-24H2,1-2H3,(H,42,51)/t32-/m1/s1. The normalized spacial score (nSPS) is 20.4. The lowest BCUT2D eigenvalue weighted by atomic mass is 9.98. The number of phenolic OH excluding ortho intramolecular Hbond substituents is 1. The number of nitrogens with one attached hydrogen (secondary N) is 1. The number of hydrogen-bond donors (Lipinski definition) is 2. The van der Waals surface area contributed by atoms with Gasteiger partial charge in [-0.3, -0.25) is 19.4 Å². The summed E-state index contributed by atoms with van der Waals surface area (Å²) < 4.78 is 44.2. The number of amides is 4. The lowest BCUT2D eigenvalue weighted by Crippen LogP contribution is -2.56. The maximum atomic E-state index is 14.1. The zero-order chi connectivity index (χ0) is 37.9. The zero-order valence-corrected chi connectivity index (χ0v) is 30.4. The number of Topliss-reactive ketones (excluding diaryl/α,β-unsaturated/α-hetero) is 1. The lowest BCUT2D eigenvalue weighted by Gasteiger charge is -2.43. The molecule has 288 valence electrons. The number of carbonyl (C=O) groups is 4. The van der Waals surface area contributed by atoms with E-state index in [1.54, 1.807) is 35.8 Å². The van der Waals surface area contributed by atoms with E-state index in [0.29, 0.717) is 95.7 Å². The van der Waals surface area contributed by atoms with Gasteiger partial charge in [0.05, 0.1) is 6.54 Å². The van der Waals surface area contributed by atoms with Crippen molar-refractivity contribution in [1.82, 2.24) is 24.5 Å². The molecular weight excluding hydrogens is 693 g/mol. The summed E-state index contributed by atoms with van der Waals surface area (Å²) in [6.45, 7) is 6.93. The molecule has 0 saturated carbocycles. The Bertz CT molecular complexity index is 1640. The van der Waals surface area contributed by atoms with Crippen LogP contribution in [0.4, 0.5) is 28.4 Å². The van der Waals surface area contributed by atoms with Crippen molar-refractivity contribution in [2.24, 2.45) is 0 Å². The summed E-state index contributed by atoms with van der Waals surface area (Å²) in [5, 5.41) is 13.4. The van der Waals surface area contributed by atoms with Crippen LogP contribution in [0.15, 0.2) is 36.4 Å². The Balaban J connectivity index is 1.05. The summed E-state index contributed by atoms with van der Waals surface area (Å²) in [5.41, 5.74) is 3.98. The molecule has 2 N–H and O–H groups in total. The number of ether oxygens (including phenoxy) is 1. The molecule has 0 bridgehead atoms. The second kappa shape index (κ2) is 16.3. The number of piperidine rings is 2. The van der Waals surface area contributed by atoms with Gasteiger partial charge in [-0.05, 0) is 74.3 Å². The molecule has 4 heterocycles. The summed E-state index contributed by atoms with van der Waals surface area (Å²) in [6, 6.07) is 11.3. The fourth-order valence-electron chi connectivity index (χ4n) is 8.09. The number of nitrogens with zero attached hydrogens (tertiary/aromatic N) is 5. The maximum Gasteiger partial charge on any atom is 0.451 e. The minimum absolute atomic E-state index is 0.0413. The van der Waals surface area contributed by atoms with Gasteiger partial charge in [0.25, 0.3) is 5.91 Å². The second-order valence-electron chi connectivity index (χ2n) is 14.7. The van der Waals surface area contributed by atoms with Crippen LogP contribution in [-0.4, -0.2) is 143 Å². The molecule has 4 amide bonds. The van der Waals surface area contributed by atoms with Crippen LogP contribution in [-0.2, 0) is 27.2 Å². The van der Waals surface area contributed by atoms with Crippen LogP contribution in [0.5, 0.6) is 5.75 Å². The first kappa shape index (κ1) is 38.4. The largest absolute Gasteiger partial charge is 0.507 e. The highest BCUT2D eigenvalue weighted by molar-refractivity contribution is 5.91. The van der Waals surface area contributed by atoms with E-state index < -0.39 is 30.7 Å². The molecule has 0 radical (unpaired) electrons. The highest BCUT2D eigenvalue weighted by Gasteiger charge is 2.40. The Morgan fingerprint density at radius 1 is 0.868 bits per heavy atom. The van der Waals surface area contributed by atoms with Crippen molar-refractivity contribution in [3.05, 3.63) is 58.7 Å². The van der Waals surface area contributed by atoms with Crippen LogP contribution in [0.1, 0.15) is 47.9 Å². The third-order valence-electron chi connectivity index (χ3n) is 11.2. The molecule has 0 aliphatic carbocycles. The summed E-state index contributed by atoms with van der Waals surface area (Å²) in [7, 11) is 0. The van der Waals surface area contributed by atoms with Crippen LogP contribution in [0, 0.1) is 13.8 Å². The van der Waals surface area contributed by atoms with E-state index in [4.69, 9.17) is 4.74 Å². The number of rotatable bonds is 8. The monoisotopic (exact) mass is 742 g/mol. The number of halogens is 3. The molecular formula is C38H49F3N6O6. The van der Waals surface area contributed by atoms with Crippen molar-refractivity contribution < 1.29 is 42.2 Å². The zero-order valence-electron chi connectivity index (χ0n) is 30.4. The summed E-state index contributed by atoms with van der Waals surface area (Å²) >= 11 is 0. The first-order chi connectivity index (χ1) is 25.3. The van der Waals surface area contributed by atoms with Gasteiger partial charge in [0.15, 0.2) is 6.10 Å². The van der Waals surface area contributed by atoms with Crippen LogP contribution in [0.3, 0.4) is 0 Å². The summed E-state index contributed by atoms with van der Waals surface area (Å²) in [4.78, 5) is 61.2. The van der Waals surface area contributed by atoms with E-state index in [1.165, 1.54) is 4.90 Å². The van der Waals surface area contributed by atoms with Gasteiger partial charge in [-0.15, -0.1) is 0 Å². The molecule has 1 atom stereocenters. The molecule has 0 unspecified atom stereocenters. The minimum Gasteiger partial charge on any atom is -0.507 e. The smallest absolute Gasteiger partial charge is 0.451 e. The molecule has 4 aliphatic heterocycles. The Labute approximate surface area is 307 Å². The Hall–Kier alpha value is -4.37. The molecule has 53 heavy (non-hydrogen) atoms. The maximum absolute atomic E-state index is 14.1. The number of ketones is 1. The molecule has 3 saturated heterocycles. The number of benzene rings is 2. The van der Waals surface area contributed by atoms with Crippen LogP contribution in [0.25, 0.3) is 0 Å². The number of carbonyl (C=O) groups excluding carboxylic acids is 4. The molecule has 0 aromatic heterocycles. The number of aromatic hydroxyl groups is 1. The quantitative estimate of drug-likeness (QED) is 0.409. The van der Waals surface area contributed by atoms with Crippen molar-refractivity contribution in [3.8, 4) is 5.75 Å². The molecule has 2 aromatic carbocycles. The van der Waals surface area contributed by atoms with Crippen LogP contribution >= 0.6 is 0 Å². The first-order valence-electron chi connectivity index (χ1n) is 18.5. The van der Waals surface area contributed by atoms with E-state index >= 15 is 0 Å². The van der Waals surface area contributed by atoms with Gasteiger partial charge in [0, 0.05) is 83.1 Å². The third-order valence-corrected chi connectivity index (χ3v) is 11.2. The van der Waals surface area contributed by atoms with Crippen LogP contribution in [0.2, 0.25) is 0 Å². The average Bonchev–Trinajstić information content (AvgIpc) is 3.31. The predicted molar refractivity (Wildman–Crippen MR) is 191 cm³/mol. The molecule has 2 aromatic rings. The molecule has 15 heteroatoms. The van der Waals surface area contributed by atoms with Crippen molar-refractivity contribution in [2.75, 3.05) is 70.8 Å². The van der Waals surface area contributed by atoms with Gasteiger partial charge >= 0.3 is 18.3 Å². The molecule has 3 fully saturated rings. The van der Waals surface area contributed by atoms with Crippen molar-refractivity contribution in [2.45, 2.75) is 76.7 Å². The Morgan fingerprint density at radius 2 is 1.47 bits per heavy atom. The predicted octanol–water partition coefficient (Wildman–Crippen LogP) is 4.35. The van der Waals surface area contributed by atoms with E-state index in [-0.39, 0.29) is 36.2 Å². The number of fused-ring (bicyclic) bond motifs is 1. The Kier molecular flexibility index (Phi) is 11.8. The number of alkyl halides is 3. The van der Waals surface area contributed by atoms with Crippen molar-refractivity contribution in [3.63, 3.8) is 0 Å². The highest BCUT2D eigenvalue weighted by Crippen LogP contribution is 2.28. The number of piperazine rings is 1. The van der Waals surface area contributed by atoms with E-state index in [0.717, 1.165) is 23.2 Å². The van der Waals surface area contributed by atoms with E-state index in [2.05, 4.69) is 10.2 Å². The number of phenols is 1. The number of urea groups is 1. The fourth-order valence-corrected chi connectivity index (χ4v) is 8.09. The van der Waals surface area contributed by atoms with Crippen molar-refractivity contribution >= 4 is 29.5 Å². The topological polar surface area (TPSA) is 126 Å². The molecule has 6 rings (SSSR count). The average molecular weight is 743 g/mol. The van der Waals surface area contributed by atoms with Gasteiger partial charge in [-0.2, -0.15) is 13.2 Å². The van der Waals surface area contributed by atoms with E-state index in [9.17, 15) is 37.5 Å².